The Kier molecular flexibility index (Phi) is 6.50. The SMILES string of the molecule is O=C(CSc1nc2ccccc2o1)Nc1cc(N2CCN(Cc3ccccc3)CC2)ncn1. The van der Waals surface area contributed by atoms with Crippen LogP contribution in [0.3, 0.4) is 0 Å². The highest BCUT2D eigenvalue weighted by Gasteiger charge is 2.19. The summed E-state index contributed by atoms with van der Waals surface area (Å²) in [4.78, 5) is 30.1. The van der Waals surface area contributed by atoms with E-state index < -0.39 is 0 Å². The molecule has 0 aliphatic carbocycles. The average molecular weight is 461 g/mol. The van der Waals surface area contributed by atoms with E-state index in [2.05, 4.69) is 54.3 Å². The lowest BCUT2D eigenvalue weighted by atomic mass is 10.2. The maximum absolute atomic E-state index is 12.4. The van der Waals surface area contributed by atoms with Gasteiger partial charge < -0.3 is 14.6 Å². The van der Waals surface area contributed by atoms with Gasteiger partial charge in [-0.25, -0.2) is 15.0 Å². The molecule has 1 N–H and O–H groups in total. The lowest BCUT2D eigenvalue weighted by Crippen LogP contribution is -2.46. The minimum atomic E-state index is -0.167. The van der Waals surface area contributed by atoms with Gasteiger partial charge in [0.1, 0.15) is 23.5 Å². The first-order valence-electron chi connectivity index (χ1n) is 10.8. The highest BCUT2D eigenvalue weighted by Crippen LogP contribution is 2.23. The zero-order valence-corrected chi connectivity index (χ0v) is 18.9. The number of amides is 1. The fraction of sp³-hybridized carbons (Fsp3) is 0.250. The molecule has 4 aromatic rings. The Labute approximate surface area is 196 Å². The van der Waals surface area contributed by atoms with Crippen LogP contribution in [0.1, 0.15) is 5.56 Å². The lowest BCUT2D eigenvalue weighted by Gasteiger charge is -2.35. The van der Waals surface area contributed by atoms with Crippen molar-refractivity contribution in [1.82, 2.24) is 19.9 Å². The number of fused-ring (bicyclic) bond motifs is 1. The number of hydrogen-bond acceptors (Lipinski definition) is 8. The molecule has 0 radical (unpaired) electrons. The van der Waals surface area contributed by atoms with Crippen LogP contribution >= 0.6 is 11.8 Å². The largest absolute Gasteiger partial charge is 0.431 e. The number of oxazole rings is 1. The molecule has 1 aliphatic rings. The topological polar surface area (TPSA) is 87.4 Å². The lowest BCUT2D eigenvalue weighted by molar-refractivity contribution is -0.113. The van der Waals surface area contributed by atoms with Crippen molar-refractivity contribution >= 4 is 40.4 Å². The molecule has 168 valence electrons. The molecule has 0 unspecified atom stereocenters. The highest BCUT2D eigenvalue weighted by atomic mass is 32.2. The fourth-order valence-corrected chi connectivity index (χ4v) is 4.42. The number of benzene rings is 2. The second-order valence-electron chi connectivity index (χ2n) is 7.79. The Morgan fingerprint density at radius 2 is 1.79 bits per heavy atom. The molecule has 0 saturated carbocycles. The van der Waals surface area contributed by atoms with E-state index in [1.807, 2.05) is 36.4 Å². The second kappa shape index (κ2) is 10.0. The normalized spacial score (nSPS) is 14.5. The molecule has 8 nitrogen and oxygen atoms in total. The van der Waals surface area contributed by atoms with Crippen LogP contribution < -0.4 is 10.2 Å². The van der Waals surface area contributed by atoms with Gasteiger partial charge >= 0.3 is 0 Å². The van der Waals surface area contributed by atoms with Crippen molar-refractivity contribution in [2.75, 3.05) is 42.1 Å². The van der Waals surface area contributed by atoms with Crippen molar-refractivity contribution in [1.29, 1.82) is 0 Å². The average Bonchev–Trinajstić information content (AvgIpc) is 3.27. The van der Waals surface area contributed by atoms with Crippen LogP contribution in [0.25, 0.3) is 11.1 Å². The van der Waals surface area contributed by atoms with Gasteiger partial charge in [0.2, 0.25) is 5.91 Å². The van der Waals surface area contributed by atoms with Crippen LogP contribution in [-0.2, 0) is 11.3 Å². The van der Waals surface area contributed by atoms with Crippen molar-refractivity contribution in [2.45, 2.75) is 11.8 Å². The van der Waals surface area contributed by atoms with Crippen LogP contribution in [0.2, 0.25) is 0 Å². The maximum atomic E-state index is 12.4. The van der Waals surface area contributed by atoms with E-state index in [1.54, 1.807) is 0 Å². The fourth-order valence-electron chi connectivity index (χ4n) is 3.78. The summed E-state index contributed by atoms with van der Waals surface area (Å²) < 4.78 is 5.65. The Hall–Kier alpha value is -3.43. The van der Waals surface area contributed by atoms with Gasteiger partial charge in [0.15, 0.2) is 5.58 Å². The molecular formula is C24H24N6O2S. The molecule has 1 amide bonds. The van der Waals surface area contributed by atoms with Gasteiger partial charge in [-0.05, 0) is 17.7 Å². The predicted octanol–water partition coefficient (Wildman–Crippen LogP) is 3.67. The third-order valence-electron chi connectivity index (χ3n) is 5.47. The Bertz CT molecular complexity index is 1190. The van der Waals surface area contributed by atoms with E-state index in [0.717, 1.165) is 44.1 Å². The molecule has 3 heterocycles. The number of aromatic nitrogens is 3. The first-order valence-corrected chi connectivity index (χ1v) is 11.8. The van der Waals surface area contributed by atoms with Crippen molar-refractivity contribution in [3.8, 4) is 0 Å². The number of anilines is 2. The first-order chi connectivity index (χ1) is 16.2. The van der Waals surface area contributed by atoms with E-state index in [4.69, 9.17) is 4.42 Å². The Balaban J connectivity index is 1.13. The summed E-state index contributed by atoms with van der Waals surface area (Å²) in [6.07, 6.45) is 1.50. The number of carbonyl (C=O) groups excluding carboxylic acids is 1. The summed E-state index contributed by atoms with van der Waals surface area (Å²) in [5.41, 5.74) is 2.82. The molecule has 2 aromatic carbocycles. The summed E-state index contributed by atoms with van der Waals surface area (Å²) in [7, 11) is 0. The Morgan fingerprint density at radius 1 is 1.00 bits per heavy atom. The van der Waals surface area contributed by atoms with Crippen LogP contribution in [0, 0.1) is 0 Å². The number of thioether (sulfide) groups is 1. The Morgan fingerprint density at radius 3 is 2.61 bits per heavy atom. The molecule has 1 aliphatic heterocycles. The van der Waals surface area contributed by atoms with Crippen molar-refractivity contribution in [3.63, 3.8) is 0 Å². The number of para-hydroxylation sites is 2. The van der Waals surface area contributed by atoms with Gasteiger partial charge in [-0.15, -0.1) is 0 Å². The minimum Gasteiger partial charge on any atom is -0.431 e. The zero-order valence-electron chi connectivity index (χ0n) is 18.1. The van der Waals surface area contributed by atoms with E-state index in [1.165, 1.54) is 23.7 Å². The third kappa shape index (κ3) is 5.50. The van der Waals surface area contributed by atoms with Crippen LogP contribution in [0.4, 0.5) is 11.6 Å². The van der Waals surface area contributed by atoms with Gasteiger partial charge in [0.25, 0.3) is 5.22 Å². The molecule has 5 rings (SSSR count). The third-order valence-corrected chi connectivity index (χ3v) is 6.29. The zero-order chi connectivity index (χ0) is 22.5. The first kappa shape index (κ1) is 21.4. The van der Waals surface area contributed by atoms with Crippen LogP contribution in [-0.4, -0.2) is 57.7 Å². The van der Waals surface area contributed by atoms with Gasteiger partial charge in [-0.2, -0.15) is 0 Å². The highest BCUT2D eigenvalue weighted by molar-refractivity contribution is 7.99. The smallest absolute Gasteiger partial charge is 0.257 e. The number of rotatable bonds is 7. The molecule has 2 aromatic heterocycles. The van der Waals surface area contributed by atoms with Gasteiger partial charge in [-0.3, -0.25) is 9.69 Å². The number of piperazine rings is 1. The predicted molar refractivity (Wildman–Crippen MR) is 129 cm³/mol. The van der Waals surface area contributed by atoms with Crippen molar-refractivity contribution < 1.29 is 9.21 Å². The summed E-state index contributed by atoms with van der Waals surface area (Å²) in [6, 6.07) is 19.9. The molecule has 9 heteroatoms. The summed E-state index contributed by atoms with van der Waals surface area (Å²) in [6.45, 7) is 4.64. The van der Waals surface area contributed by atoms with E-state index in [0.29, 0.717) is 16.6 Å². The quantitative estimate of drug-likeness (QED) is 0.418. The van der Waals surface area contributed by atoms with E-state index >= 15 is 0 Å². The monoisotopic (exact) mass is 460 g/mol. The van der Waals surface area contributed by atoms with Crippen molar-refractivity contribution in [3.05, 3.63) is 72.6 Å². The van der Waals surface area contributed by atoms with Gasteiger partial charge in [-0.1, -0.05) is 54.2 Å². The number of nitrogens with zero attached hydrogens (tertiary/aromatic N) is 5. The van der Waals surface area contributed by atoms with E-state index in [-0.39, 0.29) is 11.7 Å². The molecular weight excluding hydrogens is 436 g/mol. The molecule has 0 atom stereocenters. The van der Waals surface area contributed by atoms with Crippen molar-refractivity contribution in [2.24, 2.45) is 0 Å². The van der Waals surface area contributed by atoms with E-state index in [9.17, 15) is 4.79 Å². The summed E-state index contributed by atoms with van der Waals surface area (Å²) in [5.74, 6) is 1.34. The molecule has 1 saturated heterocycles. The molecule has 33 heavy (non-hydrogen) atoms. The number of carbonyl (C=O) groups is 1. The summed E-state index contributed by atoms with van der Waals surface area (Å²) >= 11 is 1.26. The maximum Gasteiger partial charge on any atom is 0.257 e. The van der Waals surface area contributed by atoms with Gasteiger partial charge in [0, 0.05) is 38.8 Å². The molecule has 0 spiro atoms. The minimum absolute atomic E-state index is 0.167. The van der Waals surface area contributed by atoms with Crippen LogP contribution in [0.5, 0.6) is 0 Å². The summed E-state index contributed by atoms with van der Waals surface area (Å²) in [5, 5.41) is 3.32. The number of hydrogen-bond donors (Lipinski definition) is 1. The standard InChI is InChI=1S/C24H24N6O2S/c31-23(16-33-24-27-19-8-4-5-9-20(19)32-24)28-21-14-22(26-17-25-21)30-12-10-29(11-13-30)15-18-6-2-1-3-7-18/h1-9,14,17H,10-13,15-16H2,(H,25,26,28,31). The second-order valence-corrected chi connectivity index (χ2v) is 8.72. The number of nitrogens with one attached hydrogen (secondary N) is 1. The molecule has 0 bridgehead atoms. The van der Waals surface area contributed by atoms with Gasteiger partial charge in [0.05, 0.1) is 5.75 Å². The van der Waals surface area contributed by atoms with Crippen LogP contribution in [0.15, 0.2) is 76.6 Å². The molecule has 1 fully saturated rings.